The van der Waals surface area contributed by atoms with Crippen LogP contribution in [0, 0.1) is 6.92 Å². The summed E-state index contributed by atoms with van der Waals surface area (Å²) in [5.74, 6) is 0. The van der Waals surface area contributed by atoms with E-state index in [0.717, 1.165) is 11.1 Å². The van der Waals surface area contributed by atoms with Crippen LogP contribution >= 0.6 is 0 Å². The Morgan fingerprint density at radius 1 is 0.778 bits per heavy atom. The largest absolute Gasteiger partial charge is 0.398 e. The van der Waals surface area contributed by atoms with Crippen molar-refractivity contribution in [2.75, 3.05) is 5.73 Å². The molecule has 1 nitrogen and oxygen atoms in total. The molecule has 0 unspecified atom stereocenters. The third-order valence-corrected chi connectivity index (χ3v) is 3.43. The highest BCUT2D eigenvalue weighted by atomic mass is 14.6. The molecule has 0 aliphatic heterocycles. The summed E-state index contributed by atoms with van der Waals surface area (Å²) in [5.41, 5.74) is 10.7. The SMILES string of the molecule is Cc1c(-c2ccccc2)cc(N)c2ccccc12. The van der Waals surface area contributed by atoms with Gasteiger partial charge in [-0.05, 0) is 35.1 Å². The van der Waals surface area contributed by atoms with E-state index in [1.807, 2.05) is 12.1 Å². The van der Waals surface area contributed by atoms with Gasteiger partial charge < -0.3 is 5.73 Å². The molecule has 2 N–H and O–H groups in total. The Balaban J connectivity index is 2.35. The van der Waals surface area contributed by atoms with Gasteiger partial charge in [0.1, 0.15) is 0 Å². The molecule has 18 heavy (non-hydrogen) atoms. The highest BCUT2D eigenvalue weighted by molar-refractivity contribution is 5.99. The number of hydrogen-bond donors (Lipinski definition) is 1. The molecule has 0 fully saturated rings. The lowest BCUT2D eigenvalue weighted by atomic mass is 9.94. The van der Waals surface area contributed by atoms with Crippen molar-refractivity contribution in [2.45, 2.75) is 6.92 Å². The predicted octanol–water partition coefficient (Wildman–Crippen LogP) is 4.40. The van der Waals surface area contributed by atoms with Crippen LogP contribution in [0.15, 0.2) is 60.7 Å². The summed E-state index contributed by atoms with van der Waals surface area (Å²) in [5, 5.41) is 2.37. The van der Waals surface area contributed by atoms with Gasteiger partial charge in [-0.1, -0.05) is 54.6 Å². The second kappa shape index (κ2) is 4.19. The van der Waals surface area contributed by atoms with Gasteiger partial charge in [0, 0.05) is 11.1 Å². The van der Waals surface area contributed by atoms with E-state index in [-0.39, 0.29) is 0 Å². The highest BCUT2D eigenvalue weighted by Crippen LogP contribution is 2.33. The first kappa shape index (κ1) is 10.8. The number of aryl methyl sites for hydroxylation is 1. The van der Waals surface area contributed by atoms with Crippen molar-refractivity contribution < 1.29 is 0 Å². The van der Waals surface area contributed by atoms with Gasteiger partial charge in [0.25, 0.3) is 0 Å². The van der Waals surface area contributed by atoms with E-state index in [0.29, 0.717) is 0 Å². The number of fused-ring (bicyclic) bond motifs is 1. The zero-order chi connectivity index (χ0) is 12.5. The highest BCUT2D eigenvalue weighted by Gasteiger charge is 2.08. The van der Waals surface area contributed by atoms with E-state index in [1.54, 1.807) is 0 Å². The van der Waals surface area contributed by atoms with Crippen LogP contribution in [0.2, 0.25) is 0 Å². The molecule has 0 atom stereocenters. The monoisotopic (exact) mass is 233 g/mol. The zero-order valence-corrected chi connectivity index (χ0v) is 10.4. The summed E-state index contributed by atoms with van der Waals surface area (Å²) in [7, 11) is 0. The maximum atomic E-state index is 6.16. The van der Waals surface area contributed by atoms with E-state index in [1.165, 1.54) is 22.1 Å². The van der Waals surface area contributed by atoms with Gasteiger partial charge in [-0.2, -0.15) is 0 Å². The molecule has 0 spiro atoms. The zero-order valence-electron chi connectivity index (χ0n) is 10.4. The lowest BCUT2D eigenvalue weighted by Gasteiger charge is -2.12. The van der Waals surface area contributed by atoms with Crippen LogP contribution in [0.1, 0.15) is 5.56 Å². The summed E-state index contributed by atoms with van der Waals surface area (Å²) in [6.45, 7) is 2.16. The Hall–Kier alpha value is -2.28. The molecular weight excluding hydrogens is 218 g/mol. The number of rotatable bonds is 1. The van der Waals surface area contributed by atoms with Gasteiger partial charge in [0.2, 0.25) is 0 Å². The number of nitrogen functional groups attached to an aromatic ring is 1. The maximum absolute atomic E-state index is 6.16. The van der Waals surface area contributed by atoms with Gasteiger partial charge in [-0.15, -0.1) is 0 Å². The number of benzene rings is 3. The first-order valence-corrected chi connectivity index (χ1v) is 6.10. The van der Waals surface area contributed by atoms with Gasteiger partial charge >= 0.3 is 0 Å². The molecule has 0 amide bonds. The van der Waals surface area contributed by atoms with Crippen molar-refractivity contribution in [3.8, 4) is 11.1 Å². The summed E-state index contributed by atoms with van der Waals surface area (Å²) in [6, 6.07) is 20.8. The molecule has 3 aromatic carbocycles. The van der Waals surface area contributed by atoms with Crippen LogP contribution in [0.5, 0.6) is 0 Å². The molecule has 0 aliphatic rings. The molecular formula is C17H15N. The van der Waals surface area contributed by atoms with E-state index in [4.69, 9.17) is 5.73 Å². The minimum absolute atomic E-state index is 0.843. The van der Waals surface area contributed by atoms with Crippen molar-refractivity contribution in [2.24, 2.45) is 0 Å². The molecule has 0 aromatic heterocycles. The van der Waals surface area contributed by atoms with Crippen molar-refractivity contribution in [3.05, 3.63) is 66.2 Å². The Morgan fingerprint density at radius 2 is 1.39 bits per heavy atom. The Morgan fingerprint density at radius 3 is 2.11 bits per heavy atom. The Labute approximate surface area is 107 Å². The van der Waals surface area contributed by atoms with Crippen molar-refractivity contribution in [1.82, 2.24) is 0 Å². The smallest absolute Gasteiger partial charge is 0.0400 e. The van der Waals surface area contributed by atoms with Crippen LogP contribution in [-0.2, 0) is 0 Å². The van der Waals surface area contributed by atoms with Crippen molar-refractivity contribution >= 4 is 16.5 Å². The fourth-order valence-electron chi connectivity index (χ4n) is 2.47. The van der Waals surface area contributed by atoms with Crippen LogP contribution in [0.25, 0.3) is 21.9 Å². The summed E-state index contributed by atoms with van der Waals surface area (Å²) >= 11 is 0. The summed E-state index contributed by atoms with van der Waals surface area (Å²) in [6.07, 6.45) is 0. The molecule has 88 valence electrons. The first-order chi connectivity index (χ1) is 8.77. The van der Waals surface area contributed by atoms with E-state index in [2.05, 4.69) is 55.5 Å². The van der Waals surface area contributed by atoms with E-state index >= 15 is 0 Å². The fourth-order valence-corrected chi connectivity index (χ4v) is 2.47. The second-order valence-electron chi connectivity index (χ2n) is 4.55. The second-order valence-corrected chi connectivity index (χ2v) is 4.55. The third-order valence-electron chi connectivity index (χ3n) is 3.43. The average Bonchev–Trinajstić information content (AvgIpc) is 2.44. The van der Waals surface area contributed by atoms with Crippen LogP contribution < -0.4 is 5.73 Å². The van der Waals surface area contributed by atoms with Crippen LogP contribution in [0.3, 0.4) is 0 Å². The van der Waals surface area contributed by atoms with Crippen LogP contribution in [0.4, 0.5) is 5.69 Å². The molecule has 0 aliphatic carbocycles. The molecule has 1 heteroatoms. The normalized spacial score (nSPS) is 10.7. The molecule has 3 rings (SSSR count). The quantitative estimate of drug-likeness (QED) is 0.619. The van der Waals surface area contributed by atoms with Gasteiger partial charge in [-0.3, -0.25) is 0 Å². The first-order valence-electron chi connectivity index (χ1n) is 6.10. The lowest BCUT2D eigenvalue weighted by Crippen LogP contribution is -1.92. The lowest BCUT2D eigenvalue weighted by molar-refractivity contribution is 1.50. The standard InChI is InChI=1S/C17H15N/c1-12-14-9-5-6-10-15(14)17(18)11-16(12)13-7-3-2-4-8-13/h2-11H,18H2,1H3. The Kier molecular flexibility index (Phi) is 2.52. The fraction of sp³-hybridized carbons (Fsp3) is 0.0588. The topological polar surface area (TPSA) is 26.0 Å². The average molecular weight is 233 g/mol. The summed E-state index contributed by atoms with van der Waals surface area (Å²) < 4.78 is 0. The minimum Gasteiger partial charge on any atom is -0.398 e. The number of hydrogen-bond acceptors (Lipinski definition) is 1. The molecule has 3 aromatic rings. The molecule has 0 bridgehead atoms. The van der Waals surface area contributed by atoms with E-state index in [9.17, 15) is 0 Å². The van der Waals surface area contributed by atoms with Gasteiger partial charge in [0.15, 0.2) is 0 Å². The molecule has 0 saturated heterocycles. The maximum Gasteiger partial charge on any atom is 0.0400 e. The molecule has 0 heterocycles. The van der Waals surface area contributed by atoms with Gasteiger partial charge in [0.05, 0.1) is 0 Å². The van der Waals surface area contributed by atoms with Crippen molar-refractivity contribution in [1.29, 1.82) is 0 Å². The molecule has 0 radical (unpaired) electrons. The Bertz CT molecular complexity index is 699. The molecule has 0 saturated carbocycles. The number of anilines is 1. The third kappa shape index (κ3) is 1.65. The van der Waals surface area contributed by atoms with E-state index < -0.39 is 0 Å². The van der Waals surface area contributed by atoms with Crippen molar-refractivity contribution in [3.63, 3.8) is 0 Å². The van der Waals surface area contributed by atoms with Gasteiger partial charge in [-0.25, -0.2) is 0 Å². The van der Waals surface area contributed by atoms with Crippen LogP contribution in [-0.4, -0.2) is 0 Å². The minimum atomic E-state index is 0.843. The predicted molar refractivity (Wildman–Crippen MR) is 78.5 cm³/mol. The summed E-state index contributed by atoms with van der Waals surface area (Å²) in [4.78, 5) is 0. The number of nitrogens with two attached hydrogens (primary N) is 1.